The number of amides is 1. The highest BCUT2D eigenvalue weighted by Gasteiger charge is 2.30. The van der Waals surface area contributed by atoms with Crippen LogP contribution in [0.5, 0.6) is 0 Å². The van der Waals surface area contributed by atoms with Crippen molar-refractivity contribution >= 4 is 11.9 Å². The third-order valence-corrected chi connectivity index (χ3v) is 3.95. The number of carbonyl (C=O) groups is 2. The molecule has 5 heteroatoms. The Morgan fingerprint density at radius 1 is 1.21 bits per heavy atom. The quantitative estimate of drug-likeness (QED) is 0.779. The van der Waals surface area contributed by atoms with Gasteiger partial charge in [0.15, 0.2) is 6.61 Å². The van der Waals surface area contributed by atoms with Crippen molar-refractivity contribution in [2.75, 3.05) is 6.61 Å². The van der Waals surface area contributed by atoms with E-state index in [1.165, 1.54) is 0 Å². The van der Waals surface area contributed by atoms with Crippen LogP contribution < -0.4 is 5.32 Å². The Morgan fingerprint density at radius 3 is 2.25 bits per heavy atom. The molecule has 1 rings (SSSR count). The number of nitrogens with one attached hydrogen (secondary N) is 1. The average Bonchev–Trinajstić information content (AvgIpc) is 2.52. The summed E-state index contributed by atoms with van der Waals surface area (Å²) in [5, 5.41) is 11.8. The first-order chi connectivity index (χ1) is 11.2. The molecule has 0 unspecified atom stereocenters. The van der Waals surface area contributed by atoms with Crippen LogP contribution in [0.1, 0.15) is 50.5 Å². The van der Waals surface area contributed by atoms with Crippen molar-refractivity contribution in [1.29, 1.82) is 5.26 Å². The first-order valence-corrected chi connectivity index (χ1v) is 8.16. The first kappa shape index (κ1) is 19.7. The van der Waals surface area contributed by atoms with Crippen LogP contribution in [0.25, 0.3) is 0 Å². The zero-order valence-electron chi connectivity index (χ0n) is 15.1. The topological polar surface area (TPSA) is 79.2 Å². The van der Waals surface area contributed by atoms with Crippen LogP contribution in [0.3, 0.4) is 0 Å². The molecule has 1 N–H and O–H groups in total. The fourth-order valence-corrected chi connectivity index (χ4v) is 2.09. The predicted octanol–water partition coefficient (Wildman–Crippen LogP) is 3.10. The molecule has 0 saturated carbocycles. The van der Waals surface area contributed by atoms with Gasteiger partial charge >= 0.3 is 5.97 Å². The molecule has 5 nitrogen and oxygen atoms in total. The molecule has 0 aromatic heterocycles. The third-order valence-electron chi connectivity index (χ3n) is 3.95. The summed E-state index contributed by atoms with van der Waals surface area (Å²) < 4.78 is 5.02. The van der Waals surface area contributed by atoms with E-state index in [2.05, 4.69) is 25.2 Å². The second kappa shape index (κ2) is 8.49. The van der Waals surface area contributed by atoms with Crippen molar-refractivity contribution in [2.24, 2.45) is 11.8 Å². The molecule has 0 saturated heterocycles. The molecule has 0 aliphatic carbocycles. The van der Waals surface area contributed by atoms with E-state index in [1.54, 1.807) is 19.1 Å². The summed E-state index contributed by atoms with van der Waals surface area (Å²) in [5.74, 6) is -0.556. The predicted molar refractivity (Wildman–Crippen MR) is 92.3 cm³/mol. The van der Waals surface area contributed by atoms with Gasteiger partial charge in [0.2, 0.25) is 0 Å². The Balaban J connectivity index is 2.57. The molecule has 0 heterocycles. The van der Waals surface area contributed by atoms with Gasteiger partial charge in [-0.3, -0.25) is 4.79 Å². The Bertz CT molecular complexity index is 614. The van der Waals surface area contributed by atoms with Gasteiger partial charge in [-0.15, -0.1) is 0 Å². The number of hydrogen-bond acceptors (Lipinski definition) is 4. The van der Waals surface area contributed by atoms with Crippen LogP contribution in [0.15, 0.2) is 24.3 Å². The van der Waals surface area contributed by atoms with Crippen LogP contribution >= 0.6 is 0 Å². The smallest absolute Gasteiger partial charge is 0.338 e. The van der Waals surface area contributed by atoms with E-state index in [9.17, 15) is 14.9 Å². The van der Waals surface area contributed by atoms with Gasteiger partial charge in [0.25, 0.3) is 5.91 Å². The fourth-order valence-electron chi connectivity index (χ4n) is 2.09. The Labute approximate surface area is 144 Å². The zero-order chi connectivity index (χ0) is 18.3. The lowest BCUT2D eigenvalue weighted by atomic mass is 9.90. The molecule has 0 bridgehead atoms. The molecule has 0 fully saturated rings. The number of nitrogens with zero attached hydrogens (tertiary/aromatic N) is 1. The number of hydrogen-bond donors (Lipinski definition) is 1. The minimum atomic E-state index is -0.984. The number of carbonyl (C=O) groups excluding carboxylic acids is 2. The third kappa shape index (κ3) is 5.69. The van der Waals surface area contributed by atoms with Gasteiger partial charge in [0, 0.05) is 0 Å². The van der Waals surface area contributed by atoms with E-state index in [0.29, 0.717) is 11.5 Å². The largest absolute Gasteiger partial charge is 0.452 e. The number of benzene rings is 1. The second-order valence-electron chi connectivity index (χ2n) is 6.89. The number of rotatable bonds is 7. The maximum atomic E-state index is 12.0. The molecule has 0 aliphatic rings. The van der Waals surface area contributed by atoms with Crippen molar-refractivity contribution in [3.63, 3.8) is 0 Å². The monoisotopic (exact) mass is 330 g/mol. The highest BCUT2D eigenvalue weighted by Crippen LogP contribution is 2.15. The van der Waals surface area contributed by atoms with Crippen LogP contribution in [-0.2, 0) is 16.0 Å². The minimum Gasteiger partial charge on any atom is -0.452 e. The molecular formula is C19H26N2O3. The lowest BCUT2D eigenvalue weighted by molar-refractivity contribution is -0.125. The van der Waals surface area contributed by atoms with E-state index in [0.717, 1.165) is 12.0 Å². The zero-order valence-corrected chi connectivity index (χ0v) is 15.1. The SMILES string of the molecule is CC(C)Cc1ccc(C(=O)OCC(=O)N[C@@](C)(C#N)C(C)C)cc1. The van der Waals surface area contributed by atoms with E-state index >= 15 is 0 Å². The Morgan fingerprint density at radius 2 is 1.79 bits per heavy atom. The van der Waals surface area contributed by atoms with Crippen molar-refractivity contribution in [1.82, 2.24) is 5.32 Å². The van der Waals surface area contributed by atoms with E-state index in [-0.39, 0.29) is 5.92 Å². The van der Waals surface area contributed by atoms with Gasteiger partial charge in [0.1, 0.15) is 5.54 Å². The molecule has 1 aromatic rings. The molecule has 24 heavy (non-hydrogen) atoms. The molecule has 0 spiro atoms. The van der Waals surface area contributed by atoms with Gasteiger partial charge < -0.3 is 10.1 Å². The van der Waals surface area contributed by atoms with Gasteiger partial charge in [-0.25, -0.2) is 4.79 Å². The number of esters is 1. The van der Waals surface area contributed by atoms with Crippen molar-refractivity contribution < 1.29 is 14.3 Å². The van der Waals surface area contributed by atoms with Gasteiger partial charge in [-0.1, -0.05) is 39.8 Å². The lowest BCUT2D eigenvalue weighted by Crippen LogP contribution is -2.50. The highest BCUT2D eigenvalue weighted by molar-refractivity contribution is 5.91. The normalized spacial score (nSPS) is 13.2. The molecular weight excluding hydrogens is 304 g/mol. The van der Waals surface area contributed by atoms with Crippen LogP contribution in [0.2, 0.25) is 0 Å². The summed E-state index contributed by atoms with van der Waals surface area (Å²) in [4.78, 5) is 23.9. The summed E-state index contributed by atoms with van der Waals surface area (Å²) in [7, 11) is 0. The molecule has 1 aromatic carbocycles. The van der Waals surface area contributed by atoms with Crippen LogP contribution in [0, 0.1) is 23.2 Å². The number of ether oxygens (including phenoxy) is 1. The summed E-state index contributed by atoms with van der Waals surface area (Å²) in [6.07, 6.45) is 0.944. The highest BCUT2D eigenvalue weighted by atomic mass is 16.5. The maximum absolute atomic E-state index is 12.0. The maximum Gasteiger partial charge on any atom is 0.338 e. The van der Waals surface area contributed by atoms with Crippen LogP contribution in [0.4, 0.5) is 0 Å². The van der Waals surface area contributed by atoms with Gasteiger partial charge in [0.05, 0.1) is 11.6 Å². The van der Waals surface area contributed by atoms with E-state index in [1.807, 2.05) is 26.0 Å². The van der Waals surface area contributed by atoms with Crippen molar-refractivity contribution in [3.05, 3.63) is 35.4 Å². The summed E-state index contributed by atoms with van der Waals surface area (Å²) in [6, 6.07) is 9.26. The minimum absolute atomic E-state index is 0.0596. The van der Waals surface area contributed by atoms with E-state index < -0.39 is 24.0 Å². The summed E-state index contributed by atoms with van der Waals surface area (Å²) in [5.41, 5.74) is 0.574. The second-order valence-corrected chi connectivity index (χ2v) is 6.89. The Kier molecular flexibility index (Phi) is 6.97. The number of nitriles is 1. The van der Waals surface area contributed by atoms with Gasteiger partial charge in [-0.2, -0.15) is 5.26 Å². The average molecular weight is 330 g/mol. The van der Waals surface area contributed by atoms with Crippen molar-refractivity contribution in [2.45, 2.75) is 46.6 Å². The van der Waals surface area contributed by atoms with Gasteiger partial charge in [-0.05, 0) is 42.9 Å². The summed E-state index contributed by atoms with van der Waals surface area (Å²) in [6.45, 7) is 9.18. The lowest BCUT2D eigenvalue weighted by Gasteiger charge is -2.27. The summed E-state index contributed by atoms with van der Waals surface area (Å²) >= 11 is 0. The van der Waals surface area contributed by atoms with Crippen molar-refractivity contribution in [3.8, 4) is 6.07 Å². The molecule has 0 radical (unpaired) electrons. The van der Waals surface area contributed by atoms with Crippen LogP contribution in [-0.4, -0.2) is 24.0 Å². The Hall–Kier alpha value is -2.35. The standard InChI is InChI=1S/C19H26N2O3/c1-13(2)10-15-6-8-16(9-7-15)18(23)24-11-17(22)21-19(5,12-20)14(3)4/h6-9,13-14H,10-11H2,1-5H3,(H,21,22)/t19-/m0/s1. The molecule has 130 valence electrons. The fraction of sp³-hybridized carbons (Fsp3) is 0.526. The molecule has 0 aliphatic heterocycles. The molecule has 1 atom stereocenters. The first-order valence-electron chi connectivity index (χ1n) is 8.16. The molecule has 1 amide bonds. The van der Waals surface area contributed by atoms with E-state index in [4.69, 9.17) is 4.74 Å².